The van der Waals surface area contributed by atoms with Crippen molar-refractivity contribution in [2.45, 2.75) is 25.4 Å². The summed E-state index contributed by atoms with van der Waals surface area (Å²) < 4.78 is 10.9. The van der Waals surface area contributed by atoms with Gasteiger partial charge < -0.3 is 19.8 Å². The molecule has 0 aromatic carbocycles. The van der Waals surface area contributed by atoms with Crippen LogP contribution in [0.25, 0.3) is 6.08 Å². The van der Waals surface area contributed by atoms with E-state index in [2.05, 4.69) is 6.92 Å². The molecule has 0 radical (unpaired) electrons. The first-order chi connectivity index (χ1) is 10.5. The molecular formula is C16H20N2O4. The summed E-state index contributed by atoms with van der Waals surface area (Å²) in [5.74, 6) is 2.14. The second kappa shape index (κ2) is 5.96. The molecule has 3 atom stereocenters. The van der Waals surface area contributed by atoms with Crippen LogP contribution in [0.3, 0.4) is 0 Å². The number of hydrogen-bond donors (Lipinski definition) is 1. The first-order valence-electron chi connectivity index (χ1n) is 7.52. The van der Waals surface area contributed by atoms with Gasteiger partial charge in [0.2, 0.25) is 11.8 Å². The highest BCUT2D eigenvalue weighted by Crippen LogP contribution is 2.47. The molecule has 1 aliphatic carbocycles. The first-order valence-corrected chi connectivity index (χ1v) is 7.52. The van der Waals surface area contributed by atoms with Crippen LogP contribution in [-0.2, 0) is 14.3 Å². The maximum atomic E-state index is 12.1. The number of rotatable bonds is 4. The number of furan rings is 1. The fraction of sp³-hybridized carbons (Fsp3) is 0.500. The lowest BCUT2D eigenvalue weighted by atomic mass is 10.2. The molecule has 1 aromatic rings. The molecule has 3 rings (SSSR count). The molecule has 2 N–H and O–H groups in total. The Kier molecular flexibility index (Phi) is 4.02. The third-order valence-corrected chi connectivity index (χ3v) is 4.21. The van der Waals surface area contributed by atoms with E-state index in [4.69, 9.17) is 14.9 Å². The monoisotopic (exact) mass is 304 g/mol. The minimum absolute atomic E-state index is 0.174. The molecule has 1 saturated heterocycles. The third-order valence-electron chi connectivity index (χ3n) is 4.21. The first kappa shape index (κ1) is 14.8. The van der Waals surface area contributed by atoms with E-state index in [1.54, 1.807) is 11.0 Å². The number of nitrogens with zero attached hydrogens (tertiary/aromatic N) is 1. The SMILES string of the molecule is C[C@@H]1C[C@@H]1c1ccc(/C=C\C(=O)N2CCO[C@H](C(N)=O)C2)o1. The summed E-state index contributed by atoms with van der Waals surface area (Å²) in [6.07, 6.45) is 3.56. The molecule has 118 valence electrons. The van der Waals surface area contributed by atoms with Crippen molar-refractivity contribution in [2.24, 2.45) is 11.7 Å². The largest absolute Gasteiger partial charge is 0.461 e. The third kappa shape index (κ3) is 3.22. The van der Waals surface area contributed by atoms with Crippen molar-refractivity contribution in [1.82, 2.24) is 4.90 Å². The Morgan fingerprint density at radius 2 is 2.18 bits per heavy atom. The fourth-order valence-electron chi connectivity index (χ4n) is 2.66. The van der Waals surface area contributed by atoms with E-state index in [0.717, 1.165) is 12.2 Å². The van der Waals surface area contributed by atoms with Gasteiger partial charge in [-0.05, 0) is 30.5 Å². The summed E-state index contributed by atoms with van der Waals surface area (Å²) in [5, 5.41) is 0. The van der Waals surface area contributed by atoms with Crippen molar-refractivity contribution >= 4 is 17.9 Å². The number of morpholine rings is 1. The van der Waals surface area contributed by atoms with Crippen LogP contribution in [0.2, 0.25) is 0 Å². The molecule has 0 unspecified atom stereocenters. The van der Waals surface area contributed by atoms with Crippen molar-refractivity contribution in [2.75, 3.05) is 19.7 Å². The summed E-state index contributed by atoms with van der Waals surface area (Å²) in [5.41, 5.74) is 5.21. The van der Waals surface area contributed by atoms with Gasteiger partial charge in [0.15, 0.2) is 6.10 Å². The van der Waals surface area contributed by atoms with Gasteiger partial charge in [-0.2, -0.15) is 0 Å². The van der Waals surface area contributed by atoms with E-state index in [0.29, 0.717) is 30.7 Å². The van der Waals surface area contributed by atoms with Crippen LogP contribution in [-0.4, -0.2) is 42.5 Å². The molecule has 2 fully saturated rings. The number of hydrogen-bond acceptors (Lipinski definition) is 4. The number of primary amides is 1. The van der Waals surface area contributed by atoms with Crippen LogP contribution >= 0.6 is 0 Å². The summed E-state index contributed by atoms with van der Waals surface area (Å²) in [7, 11) is 0. The number of nitrogens with two attached hydrogens (primary N) is 1. The molecule has 2 amide bonds. The van der Waals surface area contributed by atoms with Gasteiger partial charge >= 0.3 is 0 Å². The Balaban J connectivity index is 1.58. The lowest BCUT2D eigenvalue weighted by molar-refractivity contribution is -0.142. The molecule has 22 heavy (non-hydrogen) atoms. The number of ether oxygens (including phenoxy) is 1. The smallest absolute Gasteiger partial charge is 0.248 e. The van der Waals surface area contributed by atoms with E-state index in [1.807, 2.05) is 12.1 Å². The molecule has 1 aromatic heterocycles. The van der Waals surface area contributed by atoms with Crippen molar-refractivity contribution in [1.29, 1.82) is 0 Å². The van der Waals surface area contributed by atoms with Crippen LogP contribution < -0.4 is 5.73 Å². The van der Waals surface area contributed by atoms with Crippen molar-refractivity contribution in [3.63, 3.8) is 0 Å². The molecule has 2 aliphatic rings. The average molecular weight is 304 g/mol. The molecule has 2 heterocycles. The second-order valence-electron chi connectivity index (χ2n) is 5.94. The number of carbonyl (C=O) groups excluding carboxylic acids is 2. The van der Waals surface area contributed by atoms with Crippen LogP contribution in [0.15, 0.2) is 22.6 Å². The molecule has 0 spiro atoms. The van der Waals surface area contributed by atoms with Crippen LogP contribution in [0.1, 0.15) is 30.8 Å². The van der Waals surface area contributed by atoms with Crippen LogP contribution in [0.4, 0.5) is 0 Å². The van der Waals surface area contributed by atoms with Gasteiger partial charge in [-0.3, -0.25) is 9.59 Å². The van der Waals surface area contributed by atoms with Crippen LogP contribution in [0, 0.1) is 5.92 Å². The molecule has 6 heteroatoms. The Morgan fingerprint density at radius 1 is 1.41 bits per heavy atom. The average Bonchev–Trinajstić information content (AvgIpc) is 3.06. The lowest BCUT2D eigenvalue weighted by Crippen LogP contribution is -2.50. The standard InChI is InChI=1S/C16H20N2O4/c1-10-8-12(10)13-4-2-11(22-13)3-5-15(19)18-6-7-21-14(9-18)16(17)20/h2-5,10,12,14H,6-9H2,1H3,(H2,17,20)/b5-3-/t10-,12+,14+/m1/s1. The van der Waals surface area contributed by atoms with E-state index in [1.165, 1.54) is 6.08 Å². The summed E-state index contributed by atoms with van der Waals surface area (Å²) in [6, 6.07) is 3.84. The van der Waals surface area contributed by atoms with Crippen LogP contribution in [0.5, 0.6) is 0 Å². The Bertz CT molecular complexity index is 607. The molecule has 0 bridgehead atoms. The highest BCUT2D eigenvalue weighted by Gasteiger charge is 2.36. The van der Waals surface area contributed by atoms with Crippen molar-refractivity contribution < 1.29 is 18.7 Å². The zero-order valence-electron chi connectivity index (χ0n) is 12.5. The quantitative estimate of drug-likeness (QED) is 0.845. The Hall–Kier alpha value is -2.08. The predicted octanol–water partition coefficient (Wildman–Crippen LogP) is 1.13. The fourth-order valence-corrected chi connectivity index (χ4v) is 2.66. The van der Waals surface area contributed by atoms with E-state index < -0.39 is 12.0 Å². The minimum atomic E-state index is -0.724. The van der Waals surface area contributed by atoms with Gasteiger partial charge in [-0.15, -0.1) is 0 Å². The maximum absolute atomic E-state index is 12.1. The van der Waals surface area contributed by atoms with Crippen molar-refractivity contribution in [3.05, 3.63) is 29.7 Å². The summed E-state index contributed by atoms with van der Waals surface area (Å²) >= 11 is 0. The second-order valence-corrected chi connectivity index (χ2v) is 5.94. The predicted molar refractivity (Wildman–Crippen MR) is 79.8 cm³/mol. The van der Waals surface area contributed by atoms with Gasteiger partial charge in [0.25, 0.3) is 0 Å². The van der Waals surface area contributed by atoms with Gasteiger partial charge in [0.1, 0.15) is 11.5 Å². The highest BCUT2D eigenvalue weighted by atomic mass is 16.5. The Morgan fingerprint density at radius 3 is 2.86 bits per heavy atom. The summed E-state index contributed by atoms with van der Waals surface area (Å²) in [4.78, 5) is 24.8. The zero-order valence-corrected chi connectivity index (χ0v) is 12.5. The number of amides is 2. The lowest BCUT2D eigenvalue weighted by Gasteiger charge is -2.30. The van der Waals surface area contributed by atoms with Gasteiger partial charge in [-0.25, -0.2) is 0 Å². The number of carbonyl (C=O) groups is 2. The minimum Gasteiger partial charge on any atom is -0.461 e. The molecule has 1 saturated carbocycles. The van der Waals surface area contributed by atoms with Gasteiger partial charge in [-0.1, -0.05) is 6.92 Å². The van der Waals surface area contributed by atoms with Gasteiger partial charge in [0.05, 0.1) is 13.2 Å². The van der Waals surface area contributed by atoms with E-state index in [9.17, 15) is 9.59 Å². The van der Waals surface area contributed by atoms with E-state index >= 15 is 0 Å². The van der Waals surface area contributed by atoms with Gasteiger partial charge in [0, 0.05) is 18.5 Å². The van der Waals surface area contributed by atoms with E-state index in [-0.39, 0.29) is 12.5 Å². The zero-order chi connectivity index (χ0) is 15.7. The molecule has 1 aliphatic heterocycles. The molecular weight excluding hydrogens is 284 g/mol. The topological polar surface area (TPSA) is 85.8 Å². The normalized spacial score (nSPS) is 28.0. The summed E-state index contributed by atoms with van der Waals surface area (Å²) in [6.45, 7) is 3.16. The van der Waals surface area contributed by atoms with Crippen molar-refractivity contribution in [3.8, 4) is 0 Å². The highest BCUT2D eigenvalue weighted by molar-refractivity contribution is 5.92. The Labute approximate surface area is 128 Å². The molecule has 6 nitrogen and oxygen atoms in total. The maximum Gasteiger partial charge on any atom is 0.248 e.